The van der Waals surface area contributed by atoms with Crippen molar-refractivity contribution in [2.75, 3.05) is 0 Å². The molecule has 0 aliphatic heterocycles. The van der Waals surface area contributed by atoms with E-state index in [1.165, 1.54) is 0 Å². The summed E-state index contributed by atoms with van der Waals surface area (Å²) in [6, 6.07) is 8.19. The third-order valence-electron chi connectivity index (χ3n) is 1.87. The van der Waals surface area contributed by atoms with E-state index in [0.29, 0.717) is 6.54 Å². The van der Waals surface area contributed by atoms with Crippen molar-refractivity contribution >= 4 is 11.3 Å². The van der Waals surface area contributed by atoms with Gasteiger partial charge in [-0.05, 0) is 5.56 Å². The maximum Gasteiger partial charge on any atom is 0.123 e. The molecule has 2 rings (SSSR count). The molecule has 0 aliphatic carbocycles. The minimum absolute atomic E-state index is 0.595. The molecular formula is C12H14N2S. The smallest absolute Gasteiger partial charge is 0.123 e. The highest BCUT2D eigenvalue weighted by molar-refractivity contribution is 7.13. The van der Waals surface area contributed by atoms with Crippen LogP contribution in [0.3, 0.4) is 0 Å². The average Bonchev–Trinajstić information content (AvgIpc) is 2.85. The highest BCUT2D eigenvalue weighted by Gasteiger charge is 1.98. The van der Waals surface area contributed by atoms with Crippen molar-refractivity contribution in [3.05, 3.63) is 54.6 Å². The zero-order chi connectivity index (χ0) is 11.1. The van der Waals surface area contributed by atoms with Crippen molar-refractivity contribution in [2.45, 2.75) is 6.54 Å². The highest BCUT2D eigenvalue weighted by Crippen LogP contribution is 2.21. The quantitative estimate of drug-likeness (QED) is 0.787. The van der Waals surface area contributed by atoms with Crippen LogP contribution in [0.2, 0.25) is 0 Å². The number of nitrogens with two attached hydrogens (primary N) is 1. The van der Waals surface area contributed by atoms with E-state index in [-0.39, 0.29) is 0 Å². The van der Waals surface area contributed by atoms with Gasteiger partial charge in [0.25, 0.3) is 0 Å². The molecule has 0 radical (unpaired) electrons. The van der Waals surface area contributed by atoms with Crippen LogP contribution in [0, 0.1) is 0 Å². The monoisotopic (exact) mass is 218 g/mol. The molecular weight excluding hydrogens is 204 g/mol. The van der Waals surface area contributed by atoms with Gasteiger partial charge in [0.2, 0.25) is 0 Å². The molecule has 15 heavy (non-hydrogen) atoms. The second-order valence-corrected chi connectivity index (χ2v) is 3.63. The predicted octanol–water partition coefficient (Wildman–Crippen LogP) is 3.07. The lowest BCUT2D eigenvalue weighted by Gasteiger charge is -1.98. The van der Waals surface area contributed by atoms with Crippen molar-refractivity contribution in [1.29, 1.82) is 0 Å². The fourth-order valence-electron chi connectivity index (χ4n) is 1.15. The van der Waals surface area contributed by atoms with Crippen molar-refractivity contribution in [3.8, 4) is 10.6 Å². The summed E-state index contributed by atoms with van der Waals surface area (Å²) in [5.74, 6) is 0. The zero-order valence-electron chi connectivity index (χ0n) is 8.52. The van der Waals surface area contributed by atoms with Gasteiger partial charge in [-0.3, -0.25) is 0 Å². The average molecular weight is 218 g/mol. The molecule has 2 aromatic rings. The van der Waals surface area contributed by atoms with E-state index < -0.39 is 0 Å². The molecule has 0 fully saturated rings. The SMILES string of the molecule is C=C.NCc1ccc(-c2nccs2)cc1. The Morgan fingerprint density at radius 2 is 1.87 bits per heavy atom. The molecule has 0 saturated carbocycles. The van der Waals surface area contributed by atoms with E-state index in [2.05, 4.69) is 30.3 Å². The maximum atomic E-state index is 5.51. The molecule has 0 saturated heterocycles. The fraction of sp³-hybridized carbons (Fsp3) is 0.0833. The van der Waals surface area contributed by atoms with E-state index in [1.807, 2.05) is 23.7 Å². The Hall–Kier alpha value is -1.45. The summed E-state index contributed by atoms with van der Waals surface area (Å²) in [5, 5.41) is 3.04. The van der Waals surface area contributed by atoms with Gasteiger partial charge in [-0.2, -0.15) is 0 Å². The summed E-state index contributed by atoms with van der Waals surface area (Å²) in [4.78, 5) is 4.23. The van der Waals surface area contributed by atoms with E-state index in [4.69, 9.17) is 5.73 Å². The Balaban J connectivity index is 0.000000531. The lowest BCUT2D eigenvalue weighted by Crippen LogP contribution is -1.94. The van der Waals surface area contributed by atoms with Gasteiger partial charge in [-0.25, -0.2) is 4.98 Å². The summed E-state index contributed by atoms with van der Waals surface area (Å²) in [7, 11) is 0. The standard InChI is InChI=1S/C10H10N2S.C2H4/c11-7-8-1-3-9(4-2-8)10-12-5-6-13-10;1-2/h1-6H,7,11H2;1-2H2. The number of thiazole rings is 1. The van der Waals surface area contributed by atoms with E-state index in [9.17, 15) is 0 Å². The Morgan fingerprint density at radius 3 is 2.33 bits per heavy atom. The largest absolute Gasteiger partial charge is 0.326 e. The van der Waals surface area contributed by atoms with Crippen molar-refractivity contribution < 1.29 is 0 Å². The molecule has 0 unspecified atom stereocenters. The van der Waals surface area contributed by atoms with Crippen molar-refractivity contribution in [3.63, 3.8) is 0 Å². The second-order valence-electron chi connectivity index (χ2n) is 2.74. The Morgan fingerprint density at radius 1 is 1.20 bits per heavy atom. The molecule has 78 valence electrons. The van der Waals surface area contributed by atoms with Crippen LogP contribution in [0.5, 0.6) is 0 Å². The minimum Gasteiger partial charge on any atom is -0.326 e. The van der Waals surface area contributed by atoms with Crippen LogP contribution in [0.15, 0.2) is 49.0 Å². The molecule has 2 N–H and O–H groups in total. The highest BCUT2D eigenvalue weighted by atomic mass is 32.1. The molecule has 2 nitrogen and oxygen atoms in total. The van der Waals surface area contributed by atoms with Crippen LogP contribution >= 0.6 is 11.3 Å². The third kappa shape index (κ3) is 3.01. The second kappa shape index (κ2) is 6.11. The molecule has 1 aromatic heterocycles. The number of hydrogen-bond donors (Lipinski definition) is 1. The fourth-order valence-corrected chi connectivity index (χ4v) is 1.79. The molecule has 3 heteroatoms. The molecule has 0 amide bonds. The van der Waals surface area contributed by atoms with Gasteiger partial charge in [0.05, 0.1) is 0 Å². The molecule has 0 aliphatic rings. The predicted molar refractivity (Wildman–Crippen MR) is 66.7 cm³/mol. The topological polar surface area (TPSA) is 38.9 Å². The van der Waals surface area contributed by atoms with Crippen LogP contribution in [-0.4, -0.2) is 4.98 Å². The summed E-state index contributed by atoms with van der Waals surface area (Å²) in [6.45, 7) is 6.60. The first kappa shape index (κ1) is 11.6. The Bertz CT molecular complexity index is 379. The summed E-state index contributed by atoms with van der Waals surface area (Å²) >= 11 is 1.65. The van der Waals surface area contributed by atoms with Gasteiger partial charge in [-0.15, -0.1) is 24.5 Å². The summed E-state index contributed by atoms with van der Waals surface area (Å²) in [6.07, 6.45) is 1.82. The Kier molecular flexibility index (Phi) is 4.74. The third-order valence-corrected chi connectivity index (χ3v) is 2.69. The Labute approximate surface area is 94.1 Å². The van der Waals surface area contributed by atoms with E-state index in [1.54, 1.807) is 11.3 Å². The van der Waals surface area contributed by atoms with Gasteiger partial charge < -0.3 is 5.73 Å². The normalized spacial score (nSPS) is 9.13. The zero-order valence-corrected chi connectivity index (χ0v) is 9.33. The van der Waals surface area contributed by atoms with E-state index in [0.717, 1.165) is 16.1 Å². The molecule has 1 aromatic carbocycles. The molecule has 0 spiro atoms. The first-order valence-corrected chi connectivity index (χ1v) is 5.47. The van der Waals surface area contributed by atoms with Gasteiger partial charge in [0.1, 0.15) is 5.01 Å². The minimum atomic E-state index is 0.595. The van der Waals surface area contributed by atoms with Crippen LogP contribution in [0.25, 0.3) is 10.6 Å². The molecule has 1 heterocycles. The van der Waals surface area contributed by atoms with Gasteiger partial charge in [0.15, 0.2) is 0 Å². The van der Waals surface area contributed by atoms with Gasteiger partial charge >= 0.3 is 0 Å². The van der Waals surface area contributed by atoms with Crippen molar-refractivity contribution in [1.82, 2.24) is 4.98 Å². The maximum absolute atomic E-state index is 5.51. The number of hydrogen-bond acceptors (Lipinski definition) is 3. The van der Waals surface area contributed by atoms with Gasteiger partial charge in [-0.1, -0.05) is 24.3 Å². The van der Waals surface area contributed by atoms with Crippen LogP contribution in [-0.2, 0) is 6.54 Å². The van der Waals surface area contributed by atoms with Crippen LogP contribution in [0.1, 0.15) is 5.56 Å². The first-order valence-electron chi connectivity index (χ1n) is 4.59. The summed E-state index contributed by atoms with van der Waals surface area (Å²) in [5.41, 5.74) is 7.82. The molecule has 0 bridgehead atoms. The molecule has 0 atom stereocenters. The van der Waals surface area contributed by atoms with E-state index >= 15 is 0 Å². The lowest BCUT2D eigenvalue weighted by molar-refractivity contribution is 1.07. The lowest BCUT2D eigenvalue weighted by atomic mass is 10.1. The van der Waals surface area contributed by atoms with Gasteiger partial charge in [0, 0.05) is 23.7 Å². The number of nitrogens with zero attached hydrogens (tertiary/aromatic N) is 1. The number of rotatable bonds is 2. The number of benzene rings is 1. The first-order chi connectivity index (χ1) is 7.40. The number of aromatic nitrogens is 1. The van der Waals surface area contributed by atoms with Crippen LogP contribution < -0.4 is 5.73 Å². The van der Waals surface area contributed by atoms with Crippen molar-refractivity contribution in [2.24, 2.45) is 5.73 Å². The summed E-state index contributed by atoms with van der Waals surface area (Å²) < 4.78 is 0. The van der Waals surface area contributed by atoms with Crippen LogP contribution in [0.4, 0.5) is 0 Å².